The Balaban J connectivity index is 1.56. The van der Waals surface area contributed by atoms with E-state index in [4.69, 9.17) is 31.4 Å². The first kappa shape index (κ1) is 28.4. The van der Waals surface area contributed by atoms with Crippen molar-refractivity contribution in [1.82, 2.24) is 14.1 Å². The monoisotopic (exact) mass is 606 g/mol. The Morgan fingerprint density at radius 2 is 1.71 bits per heavy atom. The van der Waals surface area contributed by atoms with Crippen LogP contribution >= 0.6 is 35.3 Å². The van der Waals surface area contributed by atoms with E-state index in [1.807, 2.05) is 37.3 Å². The number of anilines is 1. The van der Waals surface area contributed by atoms with Gasteiger partial charge in [0.05, 0.1) is 32.3 Å². The van der Waals surface area contributed by atoms with Gasteiger partial charge in [-0.15, -0.1) is 0 Å². The summed E-state index contributed by atoms with van der Waals surface area (Å²) in [4.78, 5) is 31.8. The van der Waals surface area contributed by atoms with Gasteiger partial charge >= 0.3 is 0 Å². The molecule has 3 aromatic carbocycles. The molecular formula is C29H26N4O5S3. The van der Waals surface area contributed by atoms with E-state index >= 15 is 0 Å². The van der Waals surface area contributed by atoms with Gasteiger partial charge in [0.1, 0.15) is 10.4 Å². The molecule has 2 aromatic heterocycles. The molecule has 12 heteroatoms. The summed E-state index contributed by atoms with van der Waals surface area (Å²) in [6.07, 6.45) is 0. The van der Waals surface area contributed by atoms with Crippen LogP contribution in [0.4, 0.5) is 5.69 Å². The van der Waals surface area contributed by atoms with Gasteiger partial charge in [-0.25, -0.2) is 4.98 Å². The third-order valence-corrected chi connectivity index (χ3v) is 8.29. The van der Waals surface area contributed by atoms with Crippen molar-refractivity contribution in [1.29, 1.82) is 0 Å². The number of para-hydroxylation sites is 1. The number of methoxy groups -OCH3 is 2. The predicted octanol–water partition coefficient (Wildman–Crippen LogP) is 6.11. The molecular weight excluding hydrogens is 581 g/mol. The molecule has 0 aliphatic carbocycles. The van der Waals surface area contributed by atoms with Crippen molar-refractivity contribution in [3.05, 3.63) is 87.1 Å². The van der Waals surface area contributed by atoms with Crippen LogP contribution in [0.3, 0.4) is 0 Å². The van der Waals surface area contributed by atoms with Crippen LogP contribution < -0.4 is 25.1 Å². The van der Waals surface area contributed by atoms with Gasteiger partial charge in [-0.05, 0) is 67.7 Å². The molecule has 0 bridgehead atoms. The third-order valence-electron chi connectivity index (χ3n) is 6.00. The number of thioether (sulfide) groups is 1. The maximum absolute atomic E-state index is 14.0. The normalized spacial score (nSPS) is 10.9. The Bertz CT molecular complexity index is 1820. The van der Waals surface area contributed by atoms with Crippen molar-refractivity contribution in [3.8, 4) is 28.6 Å². The first-order valence-electron chi connectivity index (χ1n) is 12.6. The van der Waals surface area contributed by atoms with Gasteiger partial charge in [-0.3, -0.25) is 18.7 Å². The summed E-state index contributed by atoms with van der Waals surface area (Å²) in [6.45, 7) is 2.47. The van der Waals surface area contributed by atoms with Crippen LogP contribution in [-0.2, 0) is 4.79 Å². The summed E-state index contributed by atoms with van der Waals surface area (Å²) in [5.41, 5.74) is 2.07. The van der Waals surface area contributed by atoms with E-state index in [0.717, 1.165) is 23.2 Å². The van der Waals surface area contributed by atoms with E-state index in [9.17, 15) is 9.59 Å². The fourth-order valence-electron chi connectivity index (χ4n) is 4.16. The Hall–Kier alpha value is -4.13. The van der Waals surface area contributed by atoms with Crippen LogP contribution in [0.25, 0.3) is 21.7 Å². The smallest absolute Gasteiger partial charge is 0.278 e. The molecule has 0 spiro atoms. The van der Waals surface area contributed by atoms with E-state index in [1.54, 1.807) is 54.1 Å². The molecule has 0 aliphatic rings. The average Bonchev–Trinajstić information content (AvgIpc) is 3.33. The minimum absolute atomic E-state index is 0.00859. The molecule has 0 aliphatic heterocycles. The average molecular weight is 607 g/mol. The minimum Gasteiger partial charge on any atom is -0.494 e. The van der Waals surface area contributed by atoms with Gasteiger partial charge in [0.2, 0.25) is 5.91 Å². The summed E-state index contributed by atoms with van der Waals surface area (Å²) < 4.78 is 20.5. The number of amides is 1. The number of rotatable bonds is 10. The van der Waals surface area contributed by atoms with Crippen LogP contribution in [-0.4, -0.2) is 46.6 Å². The minimum atomic E-state index is -0.303. The quantitative estimate of drug-likeness (QED) is 0.116. The van der Waals surface area contributed by atoms with E-state index in [-0.39, 0.29) is 17.2 Å². The fraction of sp³-hybridized carbons (Fsp3) is 0.172. The van der Waals surface area contributed by atoms with Crippen molar-refractivity contribution in [3.63, 3.8) is 0 Å². The van der Waals surface area contributed by atoms with Gasteiger partial charge < -0.3 is 19.5 Å². The molecule has 2 heterocycles. The maximum atomic E-state index is 14.0. The Kier molecular flexibility index (Phi) is 8.72. The van der Waals surface area contributed by atoms with E-state index in [2.05, 4.69) is 5.32 Å². The second kappa shape index (κ2) is 12.6. The number of nitrogens with one attached hydrogen (secondary N) is 1. The molecule has 1 N–H and O–H groups in total. The number of hydrogen-bond acceptors (Lipinski definition) is 9. The number of aromatic nitrogens is 3. The molecule has 9 nitrogen and oxygen atoms in total. The number of hydrogen-bond donors (Lipinski definition) is 1. The molecule has 5 rings (SSSR count). The predicted molar refractivity (Wildman–Crippen MR) is 165 cm³/mol. The highest BCUT2D eigenvalue weighted by Crippen LogP contribution is 2.32. The Morgan fingerprint density at radius 1 is 0.976 bits per heavy atom. The van der Waals surface area contributed by atoms with E-state index in [0.29, 0.717) is 48.9 Å². The van der Waals surface area contributed by atoms with Crippen molar-refractivity contribution < 1.29 is 19.0 Å². The number of fused-ring (bicyclic) bond motifs is 1. The van der Waals surface area contributed by atoms with Crippen LogP contribution in [0.5, 0.6) is 17.2 Å². The van der Waals surface area contributed by atoms with Crippen LogP contribution in [0.1, 0.15) is 6.92 Å². The molecule has 0 atom stereocenters. The van der Waals surface area contributed by atoms with Gasteiger partial charge in [0.15, 0.2) is 26.3 Å². The topological polar surface area (TPSA) is 96.6 Å². The van der Waals surface area contributed by atoms with Crippen LogP contribution in [0, 0.1) is 3.95 Å². The lowest BCUT2D eigenvalue weighted by atomic mass is 10.2. The number of benzene rings is 3. The highest BCUT2D eigenvalue weighted by Gasteiger charge is 2.21. The Labute approximate surface area is 249 Å². The summed E-state index contributed by atoms with van der Waals surface area (Å²) in [7, 11) is 3.07. The third kappa shape index (κ3) is 5.99. The van der Waals surface area contributed by atoms with Crippen molar-refractivity contribution >= 4 is 57.3 Å². The molecule has 0 unspecified atom stereocenters. The first-order chi connectivity index (χ1) is 19.9. The molecule has 5 aromatic rings. The number of thiazole rings is 1. The second-order valence-electron chi connectivity index (χ2n) is 8.56. The highest BCUT2D eigenvalue weighted by atomic mass is 32.2. The molecule has 1 amide bonds. The highest BCUT2D eigenvalue weighted by molar-refractivity contribution is 7.99. The lowest BCUT2D eigenvalue weighted by molar-refractivity contribution is -0.113. The van der Waals surface area contributed by atoms with E-state index < -0.39 is 0 Å². The number of ether oxygens (including phenoxy) is 3. The van der Waals surface area contributed by atoms with Gasteiger partial charge in [0.25, 0.3) is 5.56 Å². The molecule has 41 heavy (non-hydrogen) atoms. The molecule has 0 saturated heterocycles. The number of carbonyl (C=O) groups is 1. The fourth-order valence-corrected chi connectivity index (χ4v) is 6.26. The second-order valence-corrected chi connectivity index (χ2v) is 11.1. The van der Waals surface area contributed by atoms with Crippen LogP contribution in [0.2, 0.25) is 0 Å². The maximum Gasteiger partial charge on any atom is 0.278 e. The lowest BCUT2D eigenvalue weighted by Gasteiger charge is -2.15. The van der Waals surface area contributed by atoms with E-state index in [1.165, 1.54) is 23.0 Å². The summed E-state index contributed by atoms with van der Waals surface area (Å²) >= 11 is 7.99. The summed E-state index contributed by atoms with van der Waals surface area (Å²) in [5.74, 6) is 1.45. The summed E-state index contributed by atoms with van der Waals surface area (Å²) in [5, 5.41) is 3.21. The standard InChI is InChI=1S/C29H26N4O5S3/c1-4-38-21-13-10-18(11-14-21)30-24(34)17-40-28-31-26-25(41-29(39)32(26)19-8-6-5-7-9-19)27(35)33(28)20-12-15-22(36-2)23(16-20)37-3/h5-16H,4,17H2,1-3H3,(H,30,34). The Morgan fingerprint density at radius 3 is 2.39 bits per heavy atom. The van der Waals surface area contributed by atoms with Crippen molar-refractivity contribution in [2.45, 2.75) is 12.1 Å². The largest absolute Gasteiger partial charge is 0.494 e. The number of carbonyl (C=O) groups excluding carboxylic acids is 1. The summed E-state index contributed by atoms with van der Waals surface area (Å²) in [6, 6.07) is 21.8. The zero-order chi connectivity index (χ0) is 28.9. The van der Waals surface area contributed by atoms with Gasteiger partial charge in [-0.2, -0.15) is 0 Å². The molecule has 0 radical (unpaired) electrons. The first-order valence-corrected chi connectivity index (χ1v) is 14.8. The lowest BCUT2D eigenvalue weighted by Crippen LogP contribution is -2.23. The van der Waals surface area contributed by atoms with Crippen molar-refractivity contribution in [2.75, 3.05) is 31.9 Å². The number of nitrogens with zero attached hydrogens (tertiary/aromatic N) is 3. The molecule has 210 valence electrons. The van der Waals surface area contributed by atoms with Gasteiger partial charge in [-0.1, -0.05) is 41.3 Å². The zero-order valence-corrected chi connectivity index (χ0v) is 24.9. The van der Waals surface area contributed by atoms with Crippen LogP contribution in [0.15, 0.2) is 82.7 Å². The van der Waals surface area contributed by atoms with Gasteiger partial charge in [0, 0.05) is 17.4 Å². The van der Waals surface area contributed by atoms with Crippen molar-refractivity contribution in [2.24, 2.45) is 0 Å². The molecule has 0 fully saturated rings. The SMILES string of the molecule is CCOc1ccc(NC(=O)CSc2nc3c(sc(=S)n3-c3ccccc3)c(=O)n2-c2ccc(OC)c(OC)c2)cc1. The molecule has 0 saturated carbocycles. The zero-order valence-electron chi connectivity index (χ0n) is 22.5.